The second-order valence-corrected chi connectivity index (χ2v) is 5.55. The first-order valence-electron chi connectivity index (χ1n) is 7.53. The van der Waals surface area contributed by atoms with Gasteiger partial charge in [-0.15, -0.1) is 0 Å². The number of alkyl halides is 2. The molecule has 0 spiro atoms. The van der Waals surface area contributed by atoms with Crippen molar-refractivity contribution in [1.82, 2.24) is 10.2 Å². The van der Waals surface area contributed by atoms with Crippen molar-refractivity contribution in [2.24, 2.45) is 0 Å². The molecule has 7 heteroatoms. The maximum absolute atomic E-state index is 12.1. The van der Waals surface area contributed by atoms with Crippen molar-refractivity contribution >= 4 is 11.7 Å². The highest BCUT2D eigenvalue weighted by atomic mass is 19.3. The lowest BCUT2D eigenvalue weighted by Gasteiger charge is -2.06. The third kappa shape index (κ3) is 3.85. The molecule has 1 fully saturated rings. The van der Waals surface area contributed by atoms with E-state index in [9.17, 15) is 13.6 Å². The summed E-state index contributed by atoms with van der Waals surface area (Å²) in [7, 11) is 0. The zero-order valence-corrected chi connectivity index (χ0v) is 12.4. The van der Waals surface area contributed by atoms with E-state index in [4.69, 9.17) is 0 Å². The summed E-state index contributed by atoms with van der Waals surface area (Å²) in [6, 6.07) is 7.36. The maximum atomic E-state index is 12.1. The number of rotatable bonds is 5. The molecule has 23 heavy (non-hydrogen) atoms. The number of aromatic amines is 1. The number of anilines is 1. The molecule has 3 rings (SSSR count). The van der Waals surface area contributed by atoms with Gasteiger partial charge in [-0.1, -0.05) is 12.8 Å². The molecule has 2 aromatic rings. The number of hydrogen-bond donors (Lipinski definition) is 2. The summed E-state index contributed by atoms with van der Waals surface area (Å²) in [4.78, 5) is 12.1. The van der Waals surface area contributed by atoms with E-state index in [0.717, 1.165) is 18.5 Å². The predicted molar refractivity (Wildman–Crippen MR) is 80.8 cm³/mol. The number of halogens is 2. The molecule has 2 N–H and O–H groups in total. The summed E-state index contributed by atoms with van der Waals surface area (Å²) >= 11 is 0. The van der Waals surface area contributed by atoms with Crippen LogP contribution in [0.3, 0.4) is 0 Å². The molecule has 0 atom stereocenters. The highest BCUT2D eigenvalue weighted by Crippen LogP contribution is 2.33. The topological polar surface area (TPSA) is 67.0 Å². The number of ether oxygens (including phenoxy) is 1. The number of nitrogens with one attached hydrogen (secondary N) is 2. The van der Waals surface area contributed by atoms with Gasteiger partial charge in [-0.05, 0) is 37.1 Å². The fourth-order valence-corrected chi connectivity index (χ4v) is 2.82. The Hall–Kier alpha value is -2.44. The van der Waals surface area contributed by atoms with E-state index in [0.29, 0.717) is 17.3 Å². The van der Waals surface area contributed by atoms with E-state index in [1.54, 1.807) is 0 Å². The number of nitrogens with zero attached hydrogens (tertiary/aromatic N) is 1. The van der Waals surface area contributed by atoms with Gasteiger partial charge in [0, 0.05) is 23.2 Å². The number of amides is 1. The molecule has 1 aliphatic rings. The molecule has 1 aliphatic carbocycles. The summed E-state index contributed by atoms with van der Waals surface area (Å²) in [5.41, 5.74) is 1.38. The maximum Gasteiger partial charge on any atom is 0.387 e. The minimum Gasteiger partial charge on any atom is -0.435 e. The summed E-state index contributed by atoms with van der Waals surface area (Å²) in [6.45, 7) is -2.88. The van der Waals surface area contributed by atoms with Crippen molar-refractivity contribution in [2.75, 3.05) is 5.32 Å². The third-order valence-corrected chi connectivity index (χ3v) is 3.98. The van der Waals surface area contributed by atoms with Crippen LogP contribution < -0.4 is 10.1 Å². The van der Waals surface area contributed by atoms with Gasteiger partial charge < -0.3 is 10.1 Å². The Morgan fingerprint density at radius 2 is 1.96 bits per heavy atom. The minimum atomic E-state index is -2.88. The molecular weight excluding hydrogens is 304 g/mol. The monoisotopic (exact) mass is 321 g/mol. The SMILES string of the molecule is O=C(Nc1cc(C2CCCC2)[nH]n1)c1ccc(OC(F)F)cc1. The zero-order valence-electron chi connectivity index (χ0n) is 12.4. The van der Waals surface area contributed by atoms with Crippen LogP contribution in [0.1, 0.15) is 47.7 Å². The largest absolute Gasteiger partial charge is 0.435 e. The fraction of sp³-hybridized carbons (Fsp3) is 0.375. The van der Waals surface area contributed by atoms with Crippen LogP contribution in [-0.4, -0.2) is 22.7 Å². The lowest BCUT2D eigenvalue weighted by atomic mass is 10.0. The highest BCUT2D eigenvalue weighted by molar-refractivity contribution is 6.03. The van der Waals surface area contributed by atoms with Crippen molar-refractivity contribution in [1.29, 1.82) is 0 Å². The Kier molecular flexibility index (Phi) is 4.55. The van der Waals surface area contributed by atoms with E-state index < -0.39 is 6.61 Å². The zero-order chi connectivity index (χ0) is 16.2. The van der Waals surface area contributed by atoms with Gasteiger partial charge in [-0.2, -0.15) is 13.9 Å². The smallest absolute Gasteiger partial charge is 0.387 e. The van der Waals surface area contributed by atoms with E-state index in [-0.39, 0.29) is 11.7 Å². The van der Waals surface area contributed by atoms with Gasteiger partial charge in [0.15, 0.2) is 5.82 Å². The summed E-state index contributed by atoms with van der Waals surface area (Å²) in [6.07, 6.45) is 4.72. The normalized spacial score (nSPS) is 15.1. The number of hydrogen-bond acceptors (Lipinski definition) is 3. The van der Waals surface area contributed by atoms with Gasteiger partial charge in [-0.25, -0.2) is 0 Å². The van der Waals surface area contributed by atoms with Crippen molar-refractivity contribution in [3.63, 3.8) is 0 Å². The van der Waals surface area contributed by atoms with Gasteiger partial charge in [0.05, 0.1) is 0 Å². The number of aromatic nitrogens is 2. The van der Waals surface area contributed by atoms with Crippen LogP contribution in [0.15, 0.2) is 30.3 Å². The molecule has 1 amide bonds. The Bertz CT molecular complexity index is 664. The quantitative estimate of drug-likeness (QED) is 0.877. The second-order valence-electron chi connectivity index (χ2n) is 5.55. The first-order valence-corrected chi connectivity index (χ1v) is 7.53. The number of H-pyrrole nitrogens is 1. The molecule has 1 aromatic carbocycles. The van der Waals surface area contributed by atoms with E-state index >= 15 is 0 Å². The molecule has 1 saturated carbocycles. The van der Waals surface area contributed by atoms with Crippen LogP contribution in [0.2, 0.25) is 0 Å². The molecule has 1 aromatic heterocycles. The van der Waals surface area contributed by atoms with Crippen molar-refractivity contribution < 1.29 is 18.3 Å². The molecule has 0 bridgehead atoms. The van der Waals surface area contributed by atoms with E-state index in [1.165, 1.54) is 37.1 Å². The lowest BCUT2D eigenvalue weighted by molar-refractivity contribution is -0.0498. The standard InChI is InChI=1S/C16H17F2N3O2/c17-16(18)23-12-7-5-11(6-8-12)15(22)19-14-9-13(20-21-14)10-3-1-2-4-10/h5-10,16H,1-4H2,(H2,19,20,21,22). The van der Waals surface area contributed by atoms with Gasteiger partial charge in [0.25, 0.3) is 5.91 Å². The van der Waals surface area contributed by atoms with Crippen LogP contribution in [-0.2, 0) is 0 Å². The minimum absolute atomic E-state index is 0.0137. The van der Waals surface area contributed by atoms with Gasteiger partial charge in [0.2, 0.25) is 0 Å². The Labute approximate surface area is 132 Å². The van der Waals surface area contributed by atoms with E-state index in [1.807, 2.05) is 6.07 Å². The Morgan fingerprint density at radius 1 is 1.26 bits per heavy atom. The average molecular weight is 321 g/mol. The molecule has 0 aliphatic heterocycles. The molecule has 122 valence electrons. The van der Waals surface area contributed by atoms with Gasteiger partial charge in [0.1, 0.15) is 5.75 Å². The van der Waals surface area contributed by atoms with E-state index in [2.05, 4.69) is 20.3 Å². The lowest BCUT2D eigenvalue weighted by Crippen LogP contribution is -2.12. The Balaban J connectivity index is 1.62. The third-order valence-electron chi connectivity index (χ3n) is 3.98. The van der Waals surface area contributed by atoms with Crippen molar-refractivity contribution in [3.8, 4) is 5.75 Å². The predicted octanol–water partition coefficient (Wildman–Crippen LogP) is 3.92. The summed E-state index contributed by atoms with van der Waals surface area (Å²) in [5, 5.41) is 9.76. The first kappa shape index (κ1) is 15.5. The molecule has 1 heterocycles. The van der Waals surface area contributed by atoms with Crippen molar-refractivity contribution in [3.05, 3.63) is 41.6 Å². The van der Waals surface area contributed by atoms with Crippen LogP contribution >= 0.6 is 0 Å². The van der Waals surface area contributed by atoms with Gasteiger partial charge >= 0.3 is 6.61 Å². The molecule has 0 unspecified atom stereocenters. The number of carbonyl (C=O) groups is 1. The van der Waals surface area contributed by atoms with Crippen molar-refractivity contribution in [2.45, 2.75) is 38.2 Å². The number of benzene rings is 1. The Morgan fingerprint density at radius 3 is 2.61 bits per heavy atom. The fourth-order valence-electron chi connectivity index (χ4n) is 2.82. The molecule has 0 radical (unpaired) electrons. The average Bonchev–Trinajstić information content (AvgIpc) is 3.18. The molecular formula is C16H17F2N3O2. The summed E-state index contributed by atoms with van der Waals surface area (Å²) < 4.78 is 28.4. The highest BCUT2D eigenvalue weighted by Gasteiger charge is 2.19. The summed E-state index contributed by atoms with van der Waals surface area (Å²) in [5.74, 6) is 0.613. The molecule has 5 nitrogen and oxygen atoms in total. The number of carbonyl (C=O) groups excluding carboxylic acids is 1. The van der Waals surface area contributed by atoms with Crippen LogP contribution in [0.4, 0.5) is 14.6 Å². The van der Waals surface area contributed by atoms with Crippen LogP contribution in [0.5, 0.6) is 5.75 Å². The molecule has 0 saturated heterocycles. The first-order chi connectivity index (χ1) is 11.1. The van der Waals surface area contributed by atoms with Gasteiger partial charge in [-0.3, -0.25) is 9.89 Å². The second kappa shape index (κ2) is 6.76. The van der Waals surface area contributed by atoms with Crippen LogP contribution in [0.25, 0.3) is 0 Å². The van der Waals surface area contributed by atoms with Crippen LogP contribution in [0, 0.1) is 0 Å².